The van der Waals surface area contributed by atoms with Gasteiger partial charge in [0.2, 0.25) is 0 Å². The molecule has 0 aliphatic heterocycles. The summed E-state index contributed by atoms with van der Waals surface area (Å²) in [6.07, 6.45) is 1.77. The summed E-state index contributed by atoms with van der Waals surface area (Å²) in [4.78, 5) is 34.9. The Bertz CT molecular complexity index is 403. The summed E-state index contributed by atoms with van der Waals surface area (Å²) < 4.78 is 2.29. The molecular formula is C6H7N3O3. The molecule has 0 saturated heterocycles. The van der Waals surface area contributed by atoms with Gasteiger partial charge in [0.05, 0.1) is 6.54 Å². The van der Waals surface area contributed by atoms with E-state index in [0.29, 0.717) is 6.29 Å². The molecule has 0 aliphatic carbocycles. The van der Waals surface area contributed by atoms with Crippen LogP contribution in [-0.2, 0) is 18.4 Å². The molecule has 6 nitrogen and oxygen atoms in total. The molecule has 1 rings (SSSR count). The molecule has 0 aromatic carbocycles. The highest BCUT2D eigenvalue weighted by Gasteiger charge is 1.99. The summed E-state index contributed by atoms with van der Waals surface area (Å²) in [5, 5.41) is 0. The number of carbonyl (C=O) groups is 1. The van der Waals surface area contributed by atoms with Crippen molar-refractivity contribution >= 4 is 6.29 Å². The Kier molecular flexibility index (Phi) is 2.18. The molecule has 0 radical (unpaired) electrons. The van der Waals surface area contributed by atoms with Gasteiger partial charge in [-0.3, -0.25) is 14.3 Å². The van der Waals surface area contributed by atoms with Crippen LogP contribution < -0.4 is 11.1 Å². The van der Waals surface area contributed by atoms with E-state index in [4.69, 9.17) is 0 Å². The van der Waals surface area contributed by atoms with Crippen molar-refractivity contribution in [3.8, 4) is 0 Å². The van der Waals surface area contributed by atoms with Crippen LogP contribution in [0.25, 0.3) is 0 Å². The summed E-state index contributed by atoms with van der Waals surface area (Å²) in [5.74, 6) is 0. The molecule has 0 bridgehead atoms. The van der Waals surface area contributed by atoms with Gasteiger partial charge in [-0.25, -0.2) is 4.68 Å². The smallest absolute Gasteiger partial charge is 0.301 e. The highest BCUT2D eigenvalue weighted by molar-refractivity contribution is 5.48. The van der Waals surface area contributed by atoms with E-state index in [2.05, 4.69) is 4.98 Å². The minimum absolute atomic E-state index is 0.0129. The van der Waals surface area contributed by atoms with Gasteiger partial charge in [-0.05, 0) is 0 Å². The van der Waals surface area contributed by atoms with Crippen LogP contribution in [0.2, 0.25) is 0 Å². The second-order valence-corrected chi connectivity index (χ2v) is 2.17. The molecule has 1 aromatic heterocycles. The van der Waals surface area contributed by atoms with Crippen LogP contribution in [0, 0.1) is 0 Å². The van der Waals surface area contributed by atoms with E-state index in [1.54, 1.807) is 0 Å². The second-order valence-electron chi connectivity index (χ2n) is 2.17. The van der Waals surface area contributed by atoms with Crippen molar-refractivity contribution < 1.29 is 4.79 Å². The van der Waals surface area contributed by atoms with E-state index in [9.17, 15) is 14.4 Å². The third-order valence-electron chi connectivity index (χ3n) is 1.43. The summed E-state index contributed by atoms with van der Waals surface area (Å²) >= 11 is 0. The van der Waals surface area contributed by atoms with Crippen molar-refractivity contribution in [1.29, 1.82) is 0 Å². The normalized spacial score (nSPS) is 9.75. The van der Waals surface area contributed by atoms with Gasteiger partial charge in [-0.1, -0.05) is 0 Å². The number of aromatic nitrogens is 3. The zero-order chi connectivity index (χ0) is 9.14. The van der Waals surface area contributed by atoms with Crippen LogP contribution >= 0.6 is 0 Å². The summed E-state index contributed by atoms with van der Waals surface area (Å²) in [6.45, 7) is 0.0129. The zero-order valence-corrected chi connectivity index (χ0v) is 6.43. The predicted molar refractivity (Wildman–Crippen MR) is 39.8 cm³/mol. The fraction of sp³-hybridized carbons (Fsp3) is 0.333. The highest BCUT2D eigenvalue weighted by Crippen LogP contribution is 1.73. The fourth-order valence-electron chi connectivity index (χ4n) is 0.753. The molecule has 0 aliphatic rings. The number of hydrogen-bond donors (Lipinski definition) is 0. The second kappa shape index (κ2) is 3.12. The molecule has 1 aromatic rings. The van der Waals surface area contributed by atoms with Crippen molar-refractivity contribution in [2.24, 2.45) is 7.05 Å². The first-order chi connectivity index (χ1) is 5.66. The van der Waals surface area contributed by atoms with Gasteiger partial charge >= 0.3 is 11.1 Å². The lowest BCUT2D eigenvalue weighted by Crippen LogP contribution is -2.39. The van der Waals surface area contributed by atoms with E-state index >= 15 is 0 Å². The minimum Gasteiger partial charge on any atom is -0.301 e. The quantitative estimate of drug-likeness (QED) is 0.384. The Labute approximate surface area is 67.1 Å². The molecule has 0 spiro atoms. The van der Waals surface area contributed by atoms with Crippen molar-refractivity contribution in [1.82, 2.24) is 14.3 Å². The molecule has 0 fully saturated rings. The highest BCUT2D eigenvalue weighted by atomic mass is 16.2. The molecular weight excluding hydrogens is 162 g/mol. The summed E-state index contributed by atoms with van der Waals surface area (Å²) in [7, 11) is 1.40. The van der Waals surface area contributed by atoms with Crippen LogP contribution in [-0.4, -0.2) is 20.6 Å². The summed E-state index contributed by atoms with van der Waals surface area (Å²) in [6, 6.07) is 0. The average molecular weight is 169 g/mol. The number of nitrogens with zero attached hydrogens (tertiary/aromatic N) is 3. The molecule has 0 saturated carbocycles. The van der Waals surface area contributed by atoms with Crippen molar-refractivity contribution in [3.63, 3.8) is 0 Å². The Morgan fingerprint density at radius 1 is 1.58 bits per heavy atom. The lowest BCUT2D eigenvalue weighted by molar-refractivity contribution is -0.108. The molecule has 64 valence electrons. The van der Waals surface area contributed by atoms with E-state index in [1.807, 2.05) is 0 Å². The Balaban J connectivity index is 3.36. The van der Waals surface area contributed by atoms with Crippen LogP contribution in [0.5, 0.6) is 0 Å². The van der Waals surface area contributed by atoms with Gasteiger partial charge in [-0.2, -0.15) is 4.98 Å². The Morgan fingerprint density at radius 2 is 2.25 bits per heavy atom. The fourth-order valence-corrected chi connectivity index (χ4v) is 0.753. The molecule has 0 amide bonds. The Morgan fingerprint density at radius 3 is 2.83 bits per heavy atom. The van der Waals surface area contributed by atoms with Gasteiger partial charge in [0.1, 0.15) is 12.6 Å². The first-order valence-electron chi connectivity index (χ1n) is 3.23. The largest absolute Gasteiger partial charge is 0.338 e. The van der Waals surface area contributed by atoms with Crippen LogP contribution in [0.1, 0.15) is 0 Å². The van der Waals surface area contributed by atoms with Gasteiger partial charge < -0.3 is 4.79 Å². The number of carbonyl (C=O) groups excluding carboxylic acids is 1. The van der Waals surface area contributed by atoms with Crippen LogP contribution in [0.15, 0.2) is 15.9 Å². The van der Waals surface area contributed by atoms with Crippen molar-refractivity contribution in [2.45, 2.75) is 6.54 Å². The Hall–Kier alpha value is -1.72. The van der Waals surface area contributed by atoms with Crippen molar-refractivity contribution in [3.05, 3.63) is 27.0 Å². The molecule has 0 atom stereocenters. The molecule has 12 heavy (non-hydrogen) atoms. The SMILES string of the molecule is Cn1c(=O)c(=O)ncn1CC=O. The topological polar surface area (TPSA) is 74.0 Å². The number of rotatable bonds is 2. The predicted octanol–water partition coefficient (Wildman–Crippen LogP) is -1.86. The van der Waals surface area contributed by atoms with Gasteiger partial charge in [-0.15, -0.1) is 0 Å². The van der Waals surface area contributed by atoms with Crippen LogP contribution in [0.4, 0.5) is 0 Å². The van der Waals surface area contributed by atoms with E-state index < -0.39 is 11.1 Å². The third-order valence-corrected chi connectivity index (χ3v) is 1.43. The molecule has 1 heterocycles. The lowest BCUT2D eigenvalue weighted by Gasteiger charge is -2.05. The lowest BCUT2D eigenvalue weighted by atomic mass is 10.7. The van der Waals surface area contributed by atoms with Gasteiger partial charge in [0, 0.05) is 7.05 Å². The van der Waals surface area contributed by atoms with Crippen molar-refractivity contribution in [2.75, 3.05) is 0 Å². The maximum absolute atomic E-state index is 10.9. The third kappa shape index (κ3) is 1.31. The number of hydrogen-bond acceptors (Lipinski definition) is 4. The molecule has 0 unspecified atom stereocenters. The van der Waals surface area contributed by atoms with E-state index in [1.165, 1.54) is 11.7 Å². The zero-order valence-electron chi connectivity index (χ0n) is 6.43. The van der Waals surface area contributed by atoms with Gasteiger partial charge in [0.15, 0.2) is 0 Å². The number of aldehydes is 1. The average Bonchev–Trinajstić information content (AvgIpc) is 2.07. The maximum atomic E-state index is 10.9. The molecule has 6 heteroatoms. The molecule has 0 N–H and O–H groups in total. The standard InChI is InChI=1S/C6H7N3O3/c1-8-6(12)5(11)7-4-9(8)2-3-10/h3-4H,2H2,1H3. The minimum atomic E-state index is -0.820. The van der Waals surface area contributed by atoms with Gasteiger partial charge in [0.25, 0.3) is 0 Å². The van der Waals surface area contributed by atoms with E-state index in [-0.39, 0.29) is 6.54 Å². The monoisotopic (exact) mass is 169 g/mol. The van der Waals surface area contributed by atoms with Crippen LogP contribution in [0.3, 0.4) is 0 Å². The maximum Gasteiger partial charge on any atom is 0.338 e. The van der Waals surface area contributed by atoms with E-state index in [0.717, 1.165) is 11.0 Å². The first-order valence-corrected chi connectivity index (χ1v) is 3.23. The summed E-state index contributed by atoms with van der Waals surface area (Å²) in [5.41, 5.74) is -1.56. The first kappa shape index (κ1) is 8.38.